The van der Waals surface area contributed by atoms with Gasteiger partial charge in [-0.25, -0.2) is 0 Å². The van der Waals surface area contributed by atoms with Crippen molar-refractivity contribution in [2.75, 3.05) is 6.54 Å². The molecule has 2 rings (SSSR count). The first kappa shape index (κ1) is 13.8. The lowest BCUT2D eigenvalue weighted by molar-refractivity contribution is -0.124. The second-order valence-electron chi connectivity index (χ2n) is 4.67. The first-order valence-corrected chi connectivity index (χ1v) is 7.33. The van der Waals surface area contributed by atoms with E-state index in [4.69, 9.17) is 0 Å². The van der Waals surface area contributed by atoms with E-state index in [0.29, 0.717) is 6.54 Å². The Kier molecular flexibility index (Phi) is 4.74. The van der Waals surface area contributed by atoms with Crippen molar-refractivity contribution in [1.29, 1.82) is 0 Å². The van der Waals surface area contributed by atoms with E-state index in [2.05, 4.69) is 16.5 Å². The molecule has 0 fully saturated rings. The number of aromatic nitrogens is 2. The Balaban J connectivity index is 1.73. The fraction of sp³-hybridized carbons (Fsp3) is 0.429. The van der Waals surface area contributed by atoms with Crippen LogP contribution in [-0.4, -0.2) is 22.2 Å². The van der Waals surface area contributed by atoms with E-state index in [-0.39, 0.29) is 11.8 Å². The molecule has 19 heavy (non-hydrogen) atoms. The number of thiophene rings is 1. The summed E-state index contributed by atoms with van der Waals surface area (Å²) in [6.07, 6.45) is 2.58. The lowest BCUT2D eigenvalue weighted by Gasteiger charge is -2.11. The molecule has 0 saturated heterocycles. The maximum Gasteiger partial charge on any atom is 0.223 e. The highest BCUT2D eigenvalue weighted by Crippen LogP contribution is 2.14. The maximum absolute atomic E-state index is 11.9. The molecule has 2 heterocycles. The van der Waals surface area contributed by atoms with Crippen LogP contribution in [0.5, 0.6) is 0 Å². The van der Waals surface area contributed by atoms with Crippen LogP contribution in [0.15, 0.2) is 29.8 Å². The van der Waals surface area contributed by atoms with E-state index >= 15 is 0 Å². The predicted octanol–water partition coefficient (Wildman–Crippen LogP) is 2.25. The van der Waals surface area contributed by atoms with Gasteiger partial charge >= 0.3 is 0 Å². The average molecular weight is 277 g/mol. The third-order valence-electron chi connectivity index (χ3n) is 3.09. The van der Waals surface area contributed by atoms with Gasteiger partial charge in [0.1, 0.15) is 0 Å². The molecule has 4 nitrogen and oxygen atoms in total. The van der Waals surface area contributed by atoms with E-state index in [0.717, 1.165) is 18.7 Å². The normalized spacial score (nSPS) is 12.3. The Bertz CT molecular complexity index is 519. The van der Waals surface area contributed by atoms with Crippen LogP contribution in [0.3, 0.4) is 0 Å². The van der Waals surface area contributed by atoms with Crippen molar-refractivity contribution >= 4 is 17.2 Å². The van der Waals surface area contributed by atoms with Crippen molar-refractivity contribution in [2.45, 2.75) is 26.8 Å². The molecule has 0 aliphatic heterocycles. The fourth-order valence-electron chi connectivity index (χ4n) is 1.92. The van der Waals surface area contributed by atoms with Crippen LogP contribution < -0.4 is 5.32 Å². The summed E-state index contributed by atoms with van der Waals surface area (Å²) in [5, 5.41) is 9.19. The molecule has 2 aromatic rings. The molecular formula is C14H19N3OS. The van der Waals surface area contributed by atoms with Gasteiger partial charge in [-0.1, -0.05) is 13.0 Å². The Labute approximate surface area is 117 Å². The van der Waals surface area contributed by atoms with Gasteiger partial charge in [-0.3, -0.25) is 9.48 Å². The summed E-state index contributed by atoms with van der Waals surface area (Å²) in [4.78, 5) is 13.2. The van der Waals surface area contributed by atoms with Crippen LogP contribution in [0.2, 0.25) is 0 Å². The van der Waals surface area contributed by atoms with Gasteiger partial charge in [0.2, 0.25) is 5.91 Å². The number of carbonyl (C=O) groups is 1. The molecule has 0 saturated carbocycles. The van der Waals surface area contributed by atoms with Gasteiger partial charge in [0.05, 0.1) is 6.54 Å². The first-order chi connectivity index (χ1) is 9.16. The van der Waals surface area contributed by atoms with Gasteiger partial charge in [-0.15, -0.1) is 11.3 Å². The van der Waals surface area contributed by atoms with Crippen LogP contribution in [-0.2, 0) is 17.8 Å². The third-order valence-corrected chi connectivity index (χ3v) is 3.99. The number of amides is 1. The molecule has 0 aliphatic carbocycles. The zero-order valence-electron chi connectivity index (χ0n) is 11.3. The molecule has 102 valence electrons. The van der Waals surface area contributed by atoms with Crippen molar-refractivity contribution in [3.8, 4) is 0 Å². The van der Waals surface area contributed by atoms with Gasteiger partial charge in [-0.05, 0) is 30.9 Å². The summed E-state index contributed by atoms with van der Waals surface area (Å²) >= 11 is 1.70. The number of nitrogens with zero attached hydrogens (tertiary/aromatic N) is 2. The Morgan fingerprint density at radius 1 is 1.53 bits per heavy atom. The van der Waals surface area contributed by atoms with E-state index < -0.39 is 0 Å². The number of hydrogen-bond acceptors (Lipinski definition) is 3. The molecule has 1 atom stereocenters. The lowest BCUT2D eigenvalue weighted by Crippen LogP contribution is -2.33. The van der Waals surface area contributed by atoms with Gasteiger partial charge < -0.3 is 5.32 Å². The molecule has 0 radical (unpaired) electrons. The predicted molar refractivity (Wildman–Crippen MR) is 77.2 cm³/mol. The van der Waals surface area contributed by atoms with Crippen molar-refractivity contribution < 1.29 is 4.79 Å². The summed E-state index contributed by atoms with van der Waals surface area (Å²) in [6.45, 7) is 5.31. The first-order valence-electron chi connectivity index (χ1n) is 6.45. The van der Waals surface area contributed by atoms with E-state index in [1.54, 1.807) is 17.5 Å². The number of rotatable bonds is 6. The summed E-state index contributed by atoms with van der Waals surface area (Å²) in [6, 6.07) is 6.05. The minimum Gasteiger partial charge on any atom is -0.354 e. The summed E-state index contributed by atoms with van der Waals surface area (Å²) in [5.74, 6) is 0.121. The average Bonchev–Trinajstić information content (AvgIpc) is 3.02. The lowest BCUT2D eigenvalue weighted by atomic mass is 10.1. The van der Waals surface area contributed by atoms with Crippen LogP contribution >= 0.6 is 11.3 Å². The highest BCUT2D eigenvalue weighted by molar-refractivity contribution is 7.09. The van der Waals surface area contributed by atoms with Crippen molar-refractivity contribution in [3.63, 3.8) is 0 Å². The Hall–Kier alpha value is -1.62. The highest BCUT2D eigenvalue weighted by Gasteiger charge is 2.13. The molecule has 0 aliphatic rings. The molecule has 5 heteroatoms. The number of nitrogens with one attached hydrogen (secondary N) is 1. The molecule has 0 bridgehead atoms. The molecular weight excluding hydrogens is 258 g/mol. The van der Waals surface area contributed by atoms with Crippen LogP contribution in [0.1, 0.15) is 17.5 Å². The standard InChI is InChI=1S/C14H19N3OS/c1-11(10-13-4-3-9-19-13)14(18)15-7-8-17-12(2)5-6-16-17/h3-6,9,11H,7-8,10H2,1-2H3,(H,15,18). The van der Waals surface area contributed by atoms with Crippen LogP contribution in [0.25, 0.3) is 0 Å². The second kappa shape index (κ2) is 6.52. The van der Waals surface area contributed by atoms with Gasteiger partial charge in [0.15, 0.2) is 0 Å². The van der Waals surface area contributed by atoms with Gasteiger partial charge in [0.25, 0.3) is 0 Å². The van der Waals surface area contributed by atoms with E-state index in [1.807, 2.05) is 36.0 Å². The second-order valence-corrected chi connectivity index (χ2v) is 5.70. The molecule has 0 aromatic carbocycles. The Morgan fingerprint density at radius 2 is 2.37 bits per heavy atom. The number of aryl methyl sites for hydroxylation is 1. The molecule has 2 aromatic heterocycles. The topological polar surface area (TPSA) is 46.9 Å². The molecule has 1 amide bonds. The number of hydrogen-bond donors (Lipinski definition) is 1. The summed E-state index contributed by atoms with van der Waals surface area (Å²) in [5.41, 5.74) is 1.11. The Morgan fingerprint density at radius 3 is 3.00 bits per heavy atom. The SMILES string of the molecule is Cc1ccnn1CCNC(=O)C(C)Cc1cccs1. The molecule has 1 N–H and O–H groups in total. The molecule has 0 spiro atoms. The van der Waals surface area contributed by atoms with E-state index in [1.165, 1.54) is 4.88 Å². The largest absolute Gasteiger partial charge is 0.354 e. The zero-order valence-corrected chi connectivity index (χ0v) is 12.1. The van der Waals surface area contributed by atoms with Crippen molar-refractivity contribution in [3.05, 3.63) is 40.3 Å². The van der Waals surface area contributed by atoms with E-state index in [9.17, 15) is 4.79 Å². The maximum atomic E-state index is 11.9. The smallest absolute Gasteiger partial charge is 0.223 e. The minimum atomic E-state index is 0.0115. The van der Waals surface area contributed by atoms with Gasteiger partial charge in [0, 0.05) is 29.2 Å². The van der Waals surface area contributed by atoms with Crippen molar-refractivity contribution in [1.82, 2.24) is 15.1 Å². The zero-order chi connectivity index (χ0) is 13.7. The van der Waals surface area contributed by atoms with Crippen LogP contribution in [0.4, 0.5) is 0 Å². The summed E-state index contributed by atoms with van der Waals surface area (Å²) < 4.78 is 1.89. The minimum absolute atomic E-state index is 0.0115. The highest BCUT2D eigenvalue weighted by atomic mass is 32.1. The van der Waals surface area contributed by atoms with Crippen molar-refractivity contribution in [2.24, 2.45) is 5.92 Å². The number of carbonyl (C=O) groups excluding carboxylic acids is 1. The molecule has 1 unspecified atom stereocenters. The van der Waals surface area contributed by atoms with Gasteiger partial charge in [-0.2, -0.15) is 5.10 Å². The quantitative estimate of drug-likeness (QED) is 0.880. The fourth-order valence-corrected chi connectivity index (χ4v) is 2.75. The third kappa shape index (κ3) is 3.92. The monoisotopic (exact) mass is 277 g/mol. The van der Waals surface area contributed by atoms with Crippen LogP contribution in [0, 0.1) is 12.8 Å². The summed E-state index contributed by atoms with van der Waals surface area (Å²) in [7, 11) is 0.